The third-order valence-corrected chi connectivity index (χ3v) is 3.40. The Labute approximate surface area is 92.2 Å². The van der Waals surface area contributed by atoms with E-state index in [4.69, 9.17) is 0 Å². The van der Waals surface area contributed by atoms with Crippen LogP contribution in [0.5, 0.6) is 0 Å². The molecule has 86 valence electrons. The van der Waals surface area contributed by atoms with Crippen molar-refractivity contribution in [1.29, 1.82) is 0 Å². The van der Waals surface area contributed by atoms with E-state index in [-0.39, 0.29) is 0 Å². The molecule has 0 unspecified atom stereocenters. The molecule has 2 fully saturated rings. The highest BCUT2D eigenvalue weighted by Crippen LogP contribution is 2.31. The van der Waals surface area contributed by atoms with E-state index in [1.807, 2.05) is 4.90 Å². The Hall–Kier alpha value is -0.570. The molecule has 2 rings (SSSR count). The maximum absolute atomic E-state index is 11.6. The lowest BCUT2D eigenvalue weighted by molar-refractivity contribution is -0.130. The maximum atomic E-state index is 11.6. The van der Waals surface area contributed by atoms with Crippen LogP contribution in [0.1, 0.15) is 38.5 Å². The van der Waals surface area contributed by atoms with Crippen molar-refractivity contribution in [2.24, 2.45) is 5.92 Å². The second-order valence-corrected chi connectivity index (χ2v) is 4.82. The van der Waals surface area contributed by atoms with Gasteiger partial charge in [0, 0.05) is 26.1 Å². The Morgan fingerprint density at radius 1 is 1.20 bits per heavy atom. The molecule has 0 aromatic rings. The summed E-state index contributed by atoms with van der Waals surface area (Å²) in [5.41, 5.74) is 0. The largest absolute Gasteiger partial charge is 0.343 e. The fourth-order valence-electron chi connectivity index (χ4n) is 2.16. The lowest BCUT2D eigenvalue weighted by Gasteiger charge is -2.15. The first-order chi connectivity index (χ1) is 7.36. The number of likely N-dealkylation sites (tertiary alicyclic amines) is 1. The van der Waals surface area contributed by atoms with Gasteiger partial charge in [0.05, 0.1) is 0 Å². The number of hydrogen-bond acceptors (Lipinski definition) is 2. The molecule has 1 aliphatic heterocycles. The van der Waals surface area contributed by atoms with E-state index in [2.05, 4.69) is 5.32 Å². The van der Waals surface area contributed by atoms with E-state index in [0.717, 1.165) is 32.1 Å². The molecule has 0 aromatic heterocycles. The Kier molecular flexibility index (Phi) is 4.01. The van der Waals surface area contributed by atoms with E-state index in [1.165, 1.54) is 32.1 Å². The highest BCUT2D eigenvalue weighted by Gasteiger charge is 2.20. The first-order valence-electron chi connectivity index (χ1n) is 6.35. The van der Waals surface area contributed by atoms with Crippen molar-refractivity contribution in [2.45, 2.75) is 38.5 Å². The third kappa shape index (κ3) is 3.82. The predicted octanol–water partition coefficient (Wildman–Crippen LogP) is 1.39. The van der Waals surface area contributed by atoms with Crippen LogP contribution in [0.4, 0.5) is 0 Å². The summed E-state index contributed by atoms with van der Waals surface area (Å²) in [5.74, 6) is 1.33. The summed E-state index contributed by atoms with van der Waals surface area (Å²) in [6.07, 6.45) is 7.23. The summed E-state index contributed by atoms with van der Waals surface area (Å²) in [4.78, 5) is 13.6. The number of carbonyl (C=O) groups excluding carboxylic acids is 1. The quantitative estimate of drug-likeness (QED) is 0.672. The van der Waals surface area contributed by atoms with E-state index in [9.17, 15) is 4.79 Å². The summed E-state index contributed by atoms with van der Waals surface area (Å²) in [7, 11) is 0. The summed E-state index contributed by atoms with van der Waals surface area (Å²) in [5, 5.41) is 3.36. The van der Waals surface area contributed by atoms with Crippen LogP contribution < -0.4 is 5.32 Å². The lowest BCUT2D eigenvalue weighted by atomic mass is 10.3. The number of amides is 1. The van der Waals surface area contributed by atoms with Crippen LogP contribution in [-0.2, 0) is 4.79 Å². The van der Waals surface area contributed by atoms with Gasteiger partial charge in [-0.1, -0.05) is 12.8 Å². The normalized spacial score (nSPS) is 20.9. The Morgan fingerprint density at radius 2 is 1.93 bits per heavy atom. The first kappa shape index (κ1) is 10.9. The van der Waals surface area contributed by atoms with Crippen LogP contribution in [0.15, 0.2) is 0 Å². The third-order valence-electron chi connectivity index (χ3n) is 3.40. The van der Waals surface area contributed by atoms with Gasteiger partial charge in [-0.05, 0) is 31.7 Å². The van der Waals surface area contributed by atoms with E-state index in [1.54, 1.807) is 0 Å². The van der Waals surface area contributed by atoms with Gasteiger partial charge in [0.15, 0.2) is 0 Å². The van der Waals surface area contributed by atoms with Crippen molar-refractivity contribution in [2.75, 3.05) is 26.2 Å². The number of nitrogens with one attached hydrogen (secondary N) is 1. The van der Waals surface area contributed by atoms with Crippen LogP contribution in [0.2, 0.25) is 0 Å². The first-order valence-corrected chi connectivity index (χ1v) is 6.35. The number of rotatable bonds is 6. The van der Waals surface area contributed by atoms with Gasteiger partial charge >= 0.3 is 0 Å². The lowest BCUT2D eigenvalue weighted by Crippen LogP contribution is -2.30. The average molecular weight is 210 g/mol. The highest BCUT2D eigenvalue weighted by atomic mass is 16.2. The van der Waals surface area contributed by atoms with Crippen molar-refractivity contribution in [3.05, 3.63) is 0 Å². The van der Waals surface area contributed by atoms with Crippen molar-refractivity contribution in [1.82, 2.24) is 10.2 Å². The van der Waals surface area contributed by atoms with Crippen molar-refractivity contribution in [3.63, 3.8) is 0 Å². The van der Waals surface area contributed by atoms with Crippen molar-refractivity contribution < 1.29 is 4.79 Å². The fourth-order valence-corrected chi connectivity index (χ4v) is 2.16. The van der Waals surface area contributed by atoms with Gasteiger partial charge in [0.2, 0.25) is 5.91 Å². The molecule has 15 heavy (non-hydrogen) atoms. The summed E-state index contributed by atoms with van der Waals surface area (Å²) >= 11 is 0. The Bertz CT molecular complexity index is 208. The Balaban J connectivity index is 1.46. The molecule has 1 amide bonds. The van der Waals surface area contributed by atoms with Gasteiger partial charge in [-0.3, -0.25) is 4.79 Å². The monoisotopic (exact) mass is 210 g/mol. The topological polar surface area (TPSA) is 32.3 Å². The van der Waals surface area contributed by atoms with Gasteiger partial charge in [-0.25, -0.2) is 0 Å². The summed E-state index contributed by atoms with van der Waals surface area (Å²) in [6, 6.07) is 0. The maximum Gasteiger partial charge on any atom is 0.223 e. The molecule has 0 bridgehead atoms. The van der Waals surface area contributed by atoms with Crippen LogP contribution in [0, 0.1) is 5.92 Å². The van der Waals surface area contributed by atoms with Gasteiger partial charge in [0.1, 0.15) is 0 Å². The molecule has 2 aliphatic rings. The van der Waals surface area contributed by atoms with Crippen LogP contribution in [-0.4, -0.2) is 37.0 Å². The Morgan fingerprint density at radius 3 is 2.60 bits per heavy atom. The van der Waals surface area contributed by atoms with E-state index >= 15 is 0 Å². The molecule has 1 saturated heterocycles. The minimum atomic E-state index is 0.339. The van der Waals surface area contributed by atoms with E-state index < -0.39 is 0 Å². The SMILES string of the molecule is O=C(CCNCCC1CC1)N1CCCC1. The summed E-state index contributed by atoms with van der Waals surface area (Å²) < 4.78 is 0. The molecule has 0 spiro atoms. The average Bonchev–Trinajstić information content (AvgIpc) is 2.90. The second kappa shape index (κ2) is 5.50. The second-order valence-electron chi connectivity index (χ2n) is 4.82. The van der Waals surface area contributed by atoms with Crippen LogP contribution in [0.25, 0.3) is 0 Å². The molecule has 1 aliphatic carbocycles. The van der Waals surface area contributed by atoms with Crippen molar-refractivity contribution in [3.8, 4) is 0 Å². The van der Waals surface area contributed by atoms with Gasteiger partial charge < -0.3 is 10.2 Å². The zero-order valence-electron chi connectivity index (χ0n) is 9.50. The molecule has 3 nitrogen and oxygen atoms in total. The molecule has 1 heterocycles. The van der Waals surface area contributed by atoms with Crippen LogP contribution >= 0.6 is 0 Å². The van der Waals surface area contributed by atoms with Gasteiger partial charge in [0.25, 0.3) is 0 Å². The zero-order chi connectivity index (χ0) is 10.5. The molecule has 3 heteroatoms. The fraction of sp³-hybridized carbons (Fsp3) is 0.917. The molecule has 0 radical (unpaired) electrons. The molecule has 0 aromatic carbocycles. The molecular formula is C12H22N2O. The minimum absolute atomic E-state index is 0.339. The number of nitrogens with zero attached hydrogens (tertiary/aromatic N) is 1. The molecule has 1 N–H and O–H groups in total. The molecule has 1 saturated carbocycles. The van der Waals surface area contributed by atoms with Crippen LogP contribution in [0.3, 0.4) is 0 Å². The molecular weight excluding hydrogens is 188 g/mol. The van der Waals surface area contributed by atoms with Gasteiger partial charge in [-0.2, -0.15) is 0 Å². The number of hydrogen-bond donors (Lipinski definition) is 1. The zero-order valence-corrected chi connectivity index (χ0v) is 9.50. The minimum Gasteiger partial charge on any atom is -0.343 e. The van der Waals surface area contributed by atoms with Gasteiger partial charge in [-0.15, -0.1) is 0 Å². The predicted molar refractivity (Wildman–Crippen MR) is 60.6 cm³/mol. The smallest absolute Gasteiger partial charge is 0.223 e. The molecule has 0 atom stereocenters. The van der Waals surface area contributed by atoms with Crippen molar-refractivity contribution >= 4 is 5.91 Å². The highest BCUT2D eigenvalue weighted by molar-refractivity contribution is 5.76. The number of carbonyl (C=O) groups is 1. The summed E-state index contributed by atoms with van der Waals surface area (Å²) in [6.45, 7) is 3.93. The standard InChI is InChI=1S/C12H22N2O/c15-12(14-9-1-2-10-14)6-8-13-7-5-11-3-4-11/h11,13H,1-10H2. The van der Waals surface area contributed by atoms with E-state index in [0.29, 0.717) is 12.3 Å².